The third kappa shape index (κ3) is 4.43. The van der Waals surface area contributed by atoms with Crippen molar-refractivity contribution in [3.8, 4) is 5.75 Å². The zero-order valence-electron chi connectivity index (χ0n) is 13.9. The van der Waals surface area contributed by atoms with Gasteiger partial charge in [0, 0.05) is 31.2 Å². The van der Waals surface area contributed by atoms with E-state index in [1.165, 1.54) is 30.5 Å². The highest BCUT2D eigenvalue weighted by Gasteiger charge is 2.22. The lowest BCUT2D eigenvalue weighted by molar-refractivity contribution is 0.127. The Labute approximate surface area is 129 Å². The second-order valence-corrected chi connectivity index (χ2v) is 6.17. The summed E-state index contributed by atoms with van der Waals surface area (Å²) in [6, 6.07) is 7.17. The molecule has 0 saturated carbocycles. The summed E-state index contributed by atoms with van der Waals surface area (Å²) >= 11 is 0. The number of ether oxygens (including phenoxy) is 1. The summed E-state index contributed by atoms with van der Waals surface area (Å²) < 4.78 is 5.54. The maximum atomic E-state index is 5.54. The zero-order chi connectivity index (χ0) is 15.2. The standard InChI is InChI=1S/C17H29N3O/c1-18-11-14-7-8-17(21-4)15(10-14)12-20-9-5-6-16(13-20)19(2)3/h7-8,10,16,18H,5-6,9,11-13H2,1-4H3. The summed E-state index contributed by atoms with van der Waals surface area (Å²) in [6.07, 6.45) is 2.59. The number of benzene rings is 1. The van der Waals surface area contributed by atoms with Crippen molar-refractivity contribution >= 4 is 0 Å². The van der Waals surface area contributed by atoms with Crippen LogP contribution in [0.2, 0.25) is 0 Å². The van der Waals surface area contributed by atoms with E-state index in [1.807, 2.05) is 7.05 Å². The molecule has 2 rings (SSSR count). The van der Waals surface area contributed by atoms with Crippen LogP contribution in [0.4, 0.5) is 0 Å². The van der Waals surface area contributed by atoms with E-state index < -0.39 is 0 Å². The van der Waals surface area contributed by atoms with Crippen molar-refractivity contribution in [2.45, 2.75) is 32.0 Å². The molecule has 0 amide bonds. The number of likely N-dealkylation sites (N-methyl/N-ethyl adjacent to an activating group) is 1. The summed E-state index contributed by atoms with van der Waals surface area (Å²) in [5.74, 6) is 1.00. The van der Waals surface area contributed by atoms with Crippen molar-refractivity contribution in [2.75, 3.05) is 41.3 Å². The average molecular weight is 291 g/mol. The van der Waals surface area contributed by atoms with E-state index in [2.05, 4.69) is 47.4 Å². The van der Waals surface area contributed by atoms with E-state index in [4.69, 9.17) is 4.74 Å². The van der Waals surface area contributed by atoms with Crippen LogP contribution >= 0.6 is 0 Å². The molecule has 0 bridgehead atoms. The molecule has 0 radical (unpaired) electrons. The summed E-state index contributed by atoms with van der Waals surface area (Å²) in [7, 11) is 8.11. The quantitative estimate of drug-likeness (QED) is 0.867. The number of nitrogens with zero attached hydrogens (tertiary/aromatic N) is 2. The fourth-order valence-corrected chi connectivity index (χ4v) is 3.11. The predicted octanol–water partition coefficient (Wildman–Crippen LogP) is 1.94. The number of methoxy groups -OCH3 is 1. The van der Waals surface area contributed by atoms with Crippen molar-refractivity contribution in [3.63, 3.8) is 0 Å². The molecule has 1 unspecified atom stereocenters. The SMILES string of the molecule is CNCc1ccc(OC)c(CN2CCCC(N(C)C)C2)c1. The minimum Gasteiger partial charge on any atom is -0.496 e. The fourth-order valence-electron chi connectivity index (χ4n) is 3.11. The molecule has 0 aliphatic carbocycles. The molecule has 4 nitrogen and oxygen atoms in total. The van der Waals surface area contributed by atoms with Crippen LogP contribution in [0, 0.1) is 0 Å². The molecule has 1 aliphatic rings. The first-order chi connectivity index (χ1) is 10.1. The van der Waals surface area contributed by atoms with Crippen LogP contribution in [0.15, 0.2) is 18.2 Å². The molecule has 1 aromatic rings. The lowest BCUT2D eigenvalue weighted by Gasteiger charge is -2.36. The van der Waals surface area contributed by atoms with Gasteiger partial charge in [0.1, 0.15) is 5.75 Å². The van der Waals surface area contributed by atoms with Crippen molar-refractivity contribution in [3.05, 3.63) is 29.3 Å². The van der Waals surface area contributed by atoms with Crippen molar-refractivity contribution in [1.82, 2.24) is 15.1 Å². The lowest BCUT2D eigenvalue weighted by Crippen LogP contribution is -2.44. The smallest absolute Gasteiger partial charge is 0.123 e. The molecule has 4 heteroatoms. The molecule has 1 aromatic carbocycles. The topological polar surface area (TPSA) is 27.7 Å². The van der Waals surface area contributed by atoms with Crippen LogP contribution in [-0.2, 0) is 13.1 Å². The van der Waals surface area contributed by atoms with Gasteiger partial charge in [0.25, 0.3) is 0 Å². The van der Waals surface area contributed by atoms with Gasteiger partial charge >= 0.3 is 0 Å². The van der Waals surface area contributed by atoms with Gasteiger partial charge in [-0.25, -0.2) is 0 Å². The molecular formula is C17H29N3O. The molecule has 1 aliphatic heterocycles. The van der Waals surface area contributed by atoms with Gasteiger partial charge < -0.3 is 15.0 Å². The van der Waals surface area contributed by atoms with Gasteiger partial charge in [0.05, 0.1) is 7.11 Å². The highest BCUT2D eigenvalue weighted by Crippen LogP contribution is 2.24. The van der Waals surface area contributed by atoms with Gasteiger partial charge in [0.2, 0.25) is 0 Å². The second kappa shape index (κ2) is 7.78. The second-order valence-electron chi connectivity index (χ2n) is 6.17. The number of piperidine rings is 1. The highest BCUT2D eigenvalue weighted by atomic mass is 16.5. The van der Waals surface area contributed by atoms with E-state index >= 15 is 0 Å². The van der Waals surface area contributed by atoms with Crippen LogP contribution < -0.4 is 10.1 Å². The largest absolute Gasteiger partial charge is 0.496 e. The Morgan fingerprint density at radius 1 is 1.38 bits per heavy atom. The number of hydrogen-bond donors (Lipinski definition) is 1. The Bertz CT molecular complexity index is 448. The van der Waals surface area contributed by atoms with Gasteiger partial charge in [-0.2, -0.15) is 0 Å². The Kier molecular flexibility index (Phi) is 6.03. The Balaban J connectivity index is 2.08. The third-order valence-corrected chi connectivity index (χ3v) is 4.33. The van der Waals surface area contributed by atoms with Gasteiger partial charge in [-0.3, -0.25) is 4.90 Å². The first kappa shape index (κ1) is 16.3. The van der Waals surface area contributed by atoms with E-state index in [-0.39, 0.29) is 0 Å². The summed E-state index contributed by atoms with van der Waals surface area (Å²) in [6.45, 7) is 4.21. The van der Waals surface area contributed by atoms with E-state index in [9.17, 15) is 0 Å². The molecule has 21 heavy (non-hydrogen) atoms. The van der Waals surface area contributed by atoms with Crippen LogP contribution in [0.1, 0.15) is 24.0 Å². The van der Waals surface area contributed by atoms with Crippen molar-refractivity contribution in [1.29, 1.82) is 0 Å². The highest BCUT2D eigenvalue weighted by molar-refractivity contribution is 5.37. The van der Waals surface area contributed by atoms with Crippen LogP contribution in [0.5, 0.6) is 5.75 Å². The maximum Gasteiger partial charge on any atom is 0.123 e. The molecule has 1 heterocycles. The number of nitrogens with one attached hydrogen (secondary N) is 1. The van der Waals surface area contributed by atoms with E-state index in [0.717, 1.165) is 25.4 Å². The van der Waals surface area contributed by atoms with Crippen LogP contribution in [-0.4, -0.2) is 57.2 Å². The van der Waals surface area contributed by atoms with Gasteiger partial charge in [-0.1, -0.05) is 6.07 Å². The maximum absolute atomic E-state index is 5.54. The number of rotatable bonds is 6. The third-order valence-electron chi connectivity index (χ3n) is 4.33. The van der Waals surface area contributed by atoms with Crippen molar-refractivity contribution in [2.24, 2.45) is 0 Å². The molecule has 1 N–H and O–H groups in total. The Hall–Kier alpha value is -1.10. The molecule has 1 saturated heterocycles. The van der Waals surface area contributed by atoms with Crippen molar-refractivity contribution < 1.29 is 4.74 Å². The summed E-state index contributed by atoms with van der Waals surface area (Å²) in [5, 5.41) is 3.21. The Morgan fingerprint density at radius 3 is 2.86 bits per heavy atom. The molecule has 1 fully saturated rings. The van der Waals surface area contributed by atoms with E-state index in [0.29, 0.717) is 6.04 Å². The monoisotopic (exact) mass is 291 g/mol. The minimum absolute atomic E-state index is 0.672. The van der Waals surface area contributed by atoms with Gasteiger partial charge in [-0.15, -0.1) is 0 Å². The van der Waals surface area contributed by atoms with Crippen LogP contribution in [0.25, 0.3) is 0 Å². The number of likely N-dealkylation sites (tertiary alicyclic amines) is 1. The molecule has 0 spiro atoms. The van der Waals surface area contributed by atoms with Gasteiger partial charge in [0.15, 0.2) is 0 Å². The summed E-state index contributed by atoms with van der Waals surface area (Å²) in [4.78, 5) is 4.90. The first-order valence-electron chi connectivity index (χ1n) is 7.83. The lowest BCUT2D eigenvalue weighted by atomic mass is 10.0. The van der Waals surface area contributed by atoms with Gasteiger partial charge in [-0.05, 0) is 58.2 Å². The number of hydrogen-bond acceptors (Lipinski definition) is 4. The molecule has 0 aromatic heterocycles. The minimum atomic E-state index is 0.672. The zero-order valence-corrected chi connectivity index (χ0v) is 13.9. The predicted molar refractivity (Wildman–Crippen MR) is 87.7 cm³/mol. The molecule has 118 valence electrons. The van der Waals surface area contributed by atoms with Crippen LogP contribution in [0.3, 0.4) is 0 Å². The summed E-state index contributed by atoms with van der Waals surface area (Å²) in [5.41, 5.74) is 2.61. The fraction of sp³-hybridized carbons (Fsp3) is 0.647. The normalized spacial score (nSPS) is 20.0. The average Bonchev–Trinajstić information content (AvgIpc) is 2.48. The molecule has 1 atom stereocenters. The molecular weight excluding hydrogens is 262 g/mol. The first-order valence-corrected chi connectivity index (χ1v) is 7.83. The van der Waals surface area contributed by atoms with E-state index in [1.54, 1.807) is 7.11 Å². The Morgan fingerprint density at radius 2 is 2.19 bits per heavy atom.